The number of H-pyrrole nitrogens is 1. The lowest BCUT2D eigenvalue weighted by atomic mass is 10.2. The van der Waals surface area contributed by atoms with Gasteiger partial charge in [0, 0.05) is 68.2 Å². The number of piperazine rings is 1. The summed E-state index contributed by atoms with van der Waals surface area (Å²) < 4.78 is 0. The van der Waals surface area contributed by atoms with Crippen molar-refractivity contribution >= 4 is 17.7 Å². The molecule has 24 heavy (non-hydrogen) atoms. The molecule has 1 saturated heterocycles. The Bertz CT molecular complexity index is 813. The highest BCUT2D eigenvalue weighted by atomic mass is 16.1. The second-order valence-corrected chi connectivity index (χ2v) is 6.30. The summed E-state index contributed by atoms with van der Waals surface area (Å²) in [4.78, 5) is 23.2. The van der Waals surface area contributed by atoms with Gasteiger partial charge in [0.15, 0.2) is 0 Å². The first kappa shape index (κ1) is 15.0. The highest BCUT2D eigenvalue weighted by molar-refractivity contribution is 5.67. The van der Waals surface area contributed by atoms with E-state index in [2.05, 4.69) is 44.7 Å². The lowest BCUT2D eigenvalue weighted by Crippen LogP contribution is -2.46. The van der Waals surface area contributed by atoms with E-state index in [9.17, 15) is 4.79 Å². The Kier molecular flexibility index (Phi) is 3.86. The molecule has 1 aromatic heterocycles. The molecule has 0 unspecified atom stereocenters. The number of hydrogen-bond acceptors (Lipinski definition) is 5. The molecule has 0 aliphatic carbocycles. The van der Waals surface area contributed by atoms with Crippen LogP contribution in [0.2, 0.25) is 0 Å². The molecular weight excluding hydrogens is 304 g/mol. The Hall–Kier alpha value is -2.54. The van der Waals surface area contributed by atoms with Gasteiger partial charge in [-0.1, -0.05) is 6.08 Å². The van der Waals surface area contributed by atoms with Crippen LogP contribution < -0.4 is 16.1 Å². The van der Waals surface area contributed by atoms with Gasteiger partial charge in [-0.05, 0) is 12.1 Å². The third-order valence-corrected chi connectivity index (χ3v) is 4.72. The van der Waals surface area contributed by atoms with E-state index in [4.69, 9.17) is 0 Å². The largest absolute Gasteiger partial charge is 0.367 e. The highest BCUT2D eigenvalue weighted by Crippen LogP contribution is 2.15. The van der Waals surface area contributed by atoms with Crippen LogP contribution in [0.3, 0.4) is 0 Å². The number of nitrogens with one attached hydrogen (secondary N) is 2. The van der Waals surface area contributed by atoms with E-state index in [0.717, 1.165) is 55.5 Å². The van der Waals surface area contributed by atoms with Crippen molar-refractivity contribution in [2.45, 2.75) is 0 Å². The second-order valence-electron chi connectivity index (χ2n) is 6.30. The SMILES string of the molecule is CN1C=C(c2cc3c([nH]2)=NCC=CC=3N2CCN(C=O)CC2)CN1. The van der Waals surface area contributed by atoms with Crippen molar-refractivity contribution in [1.82, 2.24) is 25.2 Å². The first-order valence-corrected chi connectivity index (χ1v) is 8.30. The first-order chi connectivity index (χ1) is 11.7. The van der Waals surface area contributed by atoms with Crippen LogP contribution in [-0.2, 0) is 4.79 Å². The molecule has 0 aromatic carbocycles. The van der Waals surface area contributed by atoms with E-state index in [1.807, 2.05) is 17.0 Å². The fraction of sp³-hybridized carbons (Fsp3) is 0.412. The third kappa shape index (κ3) is 2.71. The first-order valence-electron chi connectivity index (χ1n) is 8.30. The molecule has 0 saturated carbocycles. The minimum Gasteiger partial charge on any atom is -0.367 e. The molecule has 7 heteroatoms. The van der Waals surface area contributed by atoms with Gasteiger partial charge in [-0.2, -0.15) is 0 Å². The molecule has 4 heterocycles. The molecule has 0 radical (unpaired) electrons. The summed E-state index contributed by atoms with van der Waals surface area (Å²) >= 11 is 0. The number of aromatic nitrogens is 1. The monoisotopic (exact) mass is 326 g/mol. The Balaban J connectivity index is 1.73. The Morgan fingerprint density at radius 3 is 2.79 bits per heavy atom. The van der Waals surface area contributed by atoms with E-state index in [1.165, 1.54) is 11.3 Å². The maximum atomic E-state index is 10.9. The van der Waals surface area contributed by atoms with E-state index >= 15 is 0 Å². The summed E-state index contributed by atoms with van der Waals surface area (Å²) in [5.74, 6) is 0. The minimum atomic E-state index is 0.682. The highest BCUT2D eigenvalue weighted by Gasteiger charge is 2.19. The van der Waals surface area contributed by atoms with Crippen LogP contribution in [0, 0.1) is 0 Å². The average Bonchev–Trinajstić information content (AvgIpc) is 3.17. The average molecular weight is 326 g/mol. The van der Waals surface area contributed by atoms with Gasteiger partial charge in [0.1, 0.15) is 5.49 Å². The maximum Gasteiger partial charge on any atom is 0.209 e. The summed E-state index contributed by atoms with van der Waals surface area (Å²) in [6.07, 6.45) is 7.30. The fourth-order valence-corrected chi connectivity index (χ4v) is 3.38. The number of rotatable bonds is 3. The van der Waals surface area contributed by atoms with Crippen molar-refractivity contribution in [2.24, 2.45) is 4.99 Å². The van der Waals surface area contributed by atoms with Crippen LogP contribution in [0.1, 0.15) is 5.69 Å². The maximum absolute atomic E-state index is 10.9. The number of nitrogens with zero attached hydrogens (tertiary/aromatic N) is 4. The van der Waals surface area contributed by atoms with Gasteiger partial charge in [-0.3, -0.25) is 9.79 Å². The predicted octanol–water partition coefficient (Wildman–Crippen LogP) is -1.12. The number of amides is 1. The van der Waals surface area contributed by atoms with Crippen LogP contribution >= 0.6 is 0 Å². The van der Waals surface area contributed by atoms with Crippen LogP contribution in [0.4, 0.5) is 0 Å². The second kappa shape index (κ2) is 6.16. The number of hydrogen-bond donors (Lipinski definition) is 2. The van der Waals surface area contributed by atoms with Gasteiger partial charge in [-0.15, -0.1) is 0 Å². The summed E-state index contributed by atoms with van der Waals surface area (Å²) in [7, 11) is 2.00. The molecule has 0 spiro atoms. The van der Waals surface area contributed by atoms with Crippen molar-refractivity contribution in [3.05, 3.63) is 40.8 Å². The molecule has 0 bridgehead atoms. The summed E-state index contributed by atoms with van der Waals surface area (Å²) in [5.41, 5.74) is 7.75. The van der Waals surface area contributed by atoms with Crippen molar-refractivity contribution in [3.63, 3.8) is 0 Å². The van der Waals surface area contributed by atoms with Crippen molar-refractivity contribution in [1.29, 1.82) is 0 Å². The zero-order chi connectivity index (χ0) is 16.5. The van der Waals surface area contributed by atoms with Gasteiger partial charge in [-0.25, -0.2) is 5.43 Å². The van der Waals surface area contributed by atoms with Crippen LogP contribution in [-0.4, -0.2) is 72.5 Å². The molecule has 126 valence electrons. The summed E-state index contributed by atoms with van der Waals surface area (Å²) in [5, 5.41) is 3.12. The number of carbonyl (C=O) groups excluding carboxylic acids is 1. The quantitative estimate of drug-likeness (QED) is 0.691. The van der Waals surface area contributed by atoms with E-state index in [0.29, 0.717) is 6.54 Å². The van der Waals surface area contributed by atoms with Crippen molar-refractivity contribution in [2.75, 3.05) is 46.3 Å². The lowest BCUT2D eigenvalue weighted by molar-refractivity contribution is -0.119. The molecule has 3 aliphatic heterocycles. The molecule has 2 N–H and O–H groups in total. The molecule has 1 aromatic rings. The Morgan fingerprint density at radius 1 is 1.25 bits per heavy atom. The number of fused-ring (bicyclic) bond motifs is 1. The van der Waals surface area contributed by atoms with Gasteiger partial charge in [0.2, 0.25) is 6.41 Å². The standard InChI is InChI=1S/C17H22N6O/c1-21-11-13(10-19-21)15-9-14-16(3-2-4-18-17(14)20-15)23-7-5-22(12-24)6-8-23/h2-3,9,11-12,19H,4-8,10H2,1H3,(H,18,20). The number of hydrazine groups is 1. The topological polar surface area (TPSA) is 67.0 Å². The van der Waals surface area contributed by atoms with Crippen LogP contribution in [0.5, 0.6) is 0 Å². The zero-order valence-corrected chi connectivity index (χ0v) is 13.8. The normalized spacial score (nSPS) is 20.6. The third-order valence-electron chi connectivity index (χ3n) is 4.72. The number of aromatic amines is 1. The van der Waals surface area contributed by atoms with Crippen molar-refractivity contribution < 1.29 is 4.79 Å². The van der Waals surface area contributed by atoms with Crippen LogP contribution in [0.25, 0.3) is 11.3 Å². The molecule has 1 amide bonds. The zero-order valence-electron chi connectivity index (χ0n) is 13.8. The fourth-order valence-electron chi connectivity index (χ4n) is 3.38. The molecule has 0 atom stereocenters. The Morgan fingerprint density at radius 2 is 2.08 bits per heavy atom. The van der Waals surface area contributed by atoms with E-state index < -0.39 is 0 Å². The summed E-state index contributed by atoms with van der Waals surface area (Å²) in [6, 6.07) is 2.20. The van der Waals surface area contributed by atoms with E-state index in [1.54, 1.807) is 0 Å². The molecular formula is C17H22N6O. The molecule has 7 nitrogen and oxygen atoms in total. The number of carbonyl (C=O) groups is 1. The molecule has 4 rings (SSSR count). The predicted molar refractivity (Wildman–Crippen MR) is 91.9 cm³/mol. The smallest absolute Gasteiger partial charge is 0.209 e. The molecule has 1 fully saturated rings. The van der Waals surface area contributed by atoms with Gasteiger partial charge >= 0.3 is 0 Å². The van der Waals surface area contributed by atoms with Gasteiger partial charge in [0.25, 0.3) is 0 Å². The van der Waals surface area contributed by atoms with E-state index in [-0.39, 0.29) is 0 Å². The van der Waals surface area contributed by atoms with Crippen molar-refractivity contribution in [3.8, 4) is 0 Å². The van der Waals surface area contributed by atoms with Gasteiger partial charge < -0.3 is 19.8 Å². The lowest BCUT2D eigenvalue weighted by Gasteiger charge is -2.34. The Labute approximate surface area is 140 Å². The molecule has 3 aliphatic rings. The van der Waals surface area contributed by atoms with Gasteiger partial charge in [0.05, 0.1) is 6.54 Å². The summed E-state index contributed by atoms with van der Waals surface area (Å²) in [6.45, 7) is 4.74. The minimum absolute atomic E-state index is 0.682. The van der Waals surface area contributed by atoms with Crippen LogP contribution in [0.15, 0.2) is 29.4 Å².